The van der Waals surface area contributed by atoms with Crippen molar-refractivity contribution >= 4 is 34.2 Å². The van der Waals surface area contributed by atoms with Crippen LogP contribution in [0.4, 0.5) is 0 Å². The molecule has 0 bridgehead atoms. The van der Waals surface area contributed by atoms with Crippen LogP contribution in [0.1, 0.15) is 54.2 Å². The van der Waals surface area contributed by atoms with Gasteiger partial charge >= 0.3 is 0 Å². The molecule has 7 atom stereocenters. The summed E-state index contributed by atoms with van der Waals surface area (Å²) in [6, 6.07) is 32.5. The Labute approximate surface area is 309 Å². The van der Waals surface area contributed by atoms with E-state index in [9.17, 15) is 5.11 Å². The number of benzene rings is 4. The number of halogens is 2. The van der Waals surface area contributed by atoms with Crippen molar-refractivity contribution in [3.05, 3.63) is 130 Å². The summed E-state index contributed by atoms with van der Waals surface area (Å²) in [5, 5.41) is 11.2. The average Bonchev–Trinajstić information content (AvgIpc) is 3.91. The van der Waals surface area contributed by atoms with E-state index in [4.69, 9.17) is 35.3 Å². The molecule has 0 spiro atoms. The average molecular weight is 797 g/mol. The molecule has 0 aromatic heterocycles. The van der Waals surface area contributed by atoms with Gasteiger partial charge in [-0.3, -0.25) is 0 Å². The minimum atomic E-state index is -0.580. The molecule has 1 saturated carbocycles. The van der Waals surface area contributed by atoms with Crippen LogP contribution in [0.15, 0.2) is 97.1 Å². The Balaban J connectivity index is 1.37. The Kier molecular flexibility index (Phi) is 12.9. The van der Waals surface area contributed by atoms with Crippen LogP contribution in [-0.2, 0) is 33.8 Å². The molecule has 6 rings (SSSR count). The summed E-state index contributed by atoms with van der Waals surface area (Å²) in [6.07, 6.45) is -0.120. The lowest BCUT2D eigenvalue weighted by Gasteiger charge is -2.45. The van der Waals surface area contributed by atoms with E-state index in [0.29, 0.717) is 55.5 Å². The van der Waals surface area contributed by atoms with Crippen LogP contribution in [0.5, 0.6) is 11.5 Å². The minimum Gasteiger partial charge on any atom is -0.494 e. The lowest BCUT2D eigenvalue weighted by molar-refractivity contribution is -0.240. The van der Waals surface area contributed by atoms with Crippen molar-refractivity contribution in [2.75, 3.05) is 24.2 Å². The van der Waals surface area contributed by atoms with Crippen molar-refractivity contribution in [2.24, 2.45) is 17.8 Å². The Morgan fingerprint density at radius 1 is 0.816 bits per heavy atom. The Bertz CT molecular complexity index is 1600. The van der Waals surface area contributed by atoms with Crippen molar-refractivity contribution in [2.45, 2.75) is 64.3 Å². The van der Waals surface area contributed by atoms with E-state index in [1.165, 1.54) is 6.42 Å². The van der Waals surface area contributed by atoms with Gasteiger partial charge in [0.05, 0.1) is 45.2 Å². The van der Waals surface area contributed by atoms with Gasteiger partial charge in [-0.25, -0.2) is 0 Å². The topological polar surface area (TPSA) is 66.4 Å². The first-order chi connectivity index (χ1) is 24.0. The maximum atomic E-state index is 10.6. The summed E-state index contributed by atoms with van der Waals surface area (Å²) in [4.78, 5) is 0. The number of rotatable bonds is 16. The molecular weight excluding hydrogens is 751 g/mol. The first kappa shape index (κ1) is 36.1. The first-order valence-corrected chi connectivity index (χ1v) is 19.2. The van der Waals surface area contributed by atoms with Crippen molar-refractivity contribution < 1.29 is 28.8 Å². The normalized spacial score (nSPS) is 24.8. The monoisotopic (exact) mass is 796 g/mol. The van der Waals surface area contributed by atoms with Crippen LogP contribution >= 0.6 is 34.2 Å². The Morgan fingerprint density at radius 3 is 2.06 bits per heavy atom. The molecule has 2 fully saturated rings. The number of aliphatic hydroxyl groups excluding tert-OH is 1. The summed E-state index contributed by atoms with van der Waals surface area (Å²) >= 11 is 9.48. The van der Waals surface area contributed by atoms with Crippen LogP contribution in [-0.4, -0.2) is 47.7 Å². The third-order valence-electron chi connectivity index (χ3n) is 9.63. The maximum absolute atomic E-state index is 10.6. The molecule has 0 radical (unpaired) electrons. The van der Waals surface area contributed by atoms with Crippen molar-refractivity contribution in [1.82, 2.24) is 0 Å². The molecule has 2 aliphatic rings. The SMILES string of the molecule is CCOc1ccc(Cc2cc([C@@H]3O[C@H](CO)[C@@H](C)[C@H](OCc4ccccc4)[C@H]3OCc3ccccc3)c(OC[C@H]3C[C@H]3CI)cc2Cl)cc1. The van der Waals surface area contributed by atoms with E-state index in [1.807, 2.05) is 61.5 Å². The Hall–Kier alpha value is -2.66. The molecule has 6 nitrogen and oxygen atoms in total. The molecule has 49 heavy (non-hydrogen) atoms. The second-order valence-corrected chi connectivity index (χ2v) is 14.4. The van der Waals surface area contributed by atoms with Gasteiger partial charge in [-0.05, 0) is 78.1 Å². The van der Waals surface area contributed by atoms with Gasteiger partial charge in [0, 0.05) is 20.9 Å². The van der Waals surface area contributed by atoms with Gasteiger partial charge in [-0.1, -0.05) is 114 Å². The van der Waals surface area contributed by atoms with E-state index < -0.39 is 18.3 Å². The lowest BCUT2D eigenvalue weighted by Crippen LogP contribution is -2.53. The predicted molar refractivity (Wildman–Crippen MR) is 202 cm³/mol. The first-order valence-electron chi connectivity index (χ1n) is 17.3. The predicted octanol–water partition coefficient (Wildman–Crippen LogP) is 9.02. The fraction of sp³-hybridized carbons (Fsp3) is 0.415. The van der Waals surface area contributed by atoms with E-state index in [-0.39, 0.29) is 18.6 Å². The van der Waals surface area contributed by atoms with Gasteiger partial charge in [-0.15, -0.1) is 0 Å². The number of ether oxygens (including phenoxy) is 5. The van der Waals surface area contributed by atoms with Crippen LogP contribution in [0, 0.1) is 17.8 Å². The minimum absolute atomic E-state index is 0.137. The molecule has 1 aliphatic heterocycles. The molecular formula is C41H46ClIO6. The molecule has 4 aromatic rings. The van der Waals surface area contributed by atoms with E-state index in [1.54, 1.807) is 0 Å². The molecule has 260 valence electrons. The highest BCUT2D eigenvalue weighted by Gasteiger charge is 2.47. The third kappa shape index (κ3) is 9.37. The standard InChI is InChI=1S/C41H46ClIO6/c1-3-45-34-16-14-28(15-17-34)18-31-20-35(37(21-36(31)42)46-26-33-19-32(33)22-43)40-41(48-25-30-12-8-5-9-13-30)39(27(2)38(23-44)49-40)47-24-29-10-6-4-7-11-29/h4-17,20-21,27,32-33,38-41,44H,3,18-19,22-26H2,1-2H3/t27-,32+,33-,38-,39+,40+,41-/m1/s1. The summed E-state index contributed by atoms with van der Waals surface area (Å²) in [5.74, 6) is 2.59. The third-order valence-corrected chi connectivity index (χ3v) is 11.1. The molecule has 1 aliphatic carbocycles. The van der Waals surface area contributed by atoms with Crippen LogP contribution < -0.4 is 9.47 Å². The number of alkyl halides is 1. The molecule has 4 aromatic carbocycles. The van der Waals surface area contributed by atoms with Crippen LogP contribution in [0.3, 0.4) is 0 Å². The highest BCUT2D eigenvalue weighted by Crippen LogP contribution is 2.45. The molecule has 8 heteroatoms. The molecule has 0 amide bonds. The molecule has 0 unspecified atom stereocenters. The number of hydrogen-bond donors (Lipinski definition) is 1. The number of aliphatic hydroxyl groups is 1. The van der Waals surface area contributed by atoms with Gasteiger partial charge in [0.25, 0.3) is 0 Å². The largest absolute Gasteiger partial charge is 0.494 e. The lowest BCUT2D eigenvalue weighted by atomic mass is 9.84. The summed E-state index contributed by atoms with van der Waals surface area (Å²) in [5.41, 5.74) is 5.05. The smallest absolute Gasteiger partial charge is 0.126 e. The van der Waals surface area contributed by atoms with Crippen LogP contribution in [0.2, 0.25) is 5.02 Å². The van der Waals surface area contributed by atoms with Gasteiger partial charge in [0.1, 0.15) is 23.7 Å². The highest BCUT2D eigenvalue weighted by molar-refractivity contribution is 14.1. The van der Waals surface area contributed by atoms with Gasteiger partial charge in [0.2, 0.25) is 0 Å². The Morgan fingerprint density at radius 2 is 1.47 bits per heavy atom. The van der Waals surface area contributed by atoms with Crippen molar-refractivity contribution in [3.63, 3.8) is 0 Å². The van der Waals surface area contributed by atoms with Crippen molar-refractivity contribution in [3.8, 4) is 11.5 Å². The van der Waals surface area contributed by atoms with Gasteiger partial charge < -0.3 is 28.8 Å². The molecule has 1 heterocycles. The second-order valence-electron chi connectivity index (χ2n) is 13.1. The van der Waals surface area contributed by atoms with E-state index in [2.05, 4.69) is 72.0 Å². The highest BCUT2D eigenvalue weighted by atomic mass is 127. The molecule has 1 saturated heterocycles. The summed E-state index contributed by atoms with van der Waals surface area (Å²) < 4.78 is 33.8. The van der Waals surface area contributed by atoms with Crippen molar-refractivity contribution in [1.29, 1.82) is 0 Å². The zero-order chi connectivity index (χ0) is 34.2. The summed E-state index contributed by atoms with van der Waals surface area (Å²) in [6.45, 7) is 5.94. The zero-order valence-corrected chi connectivity index (χ0v) is 31.1. The second kappa shape index (κ2) is 17.5. The van der Waals surface area contributed by atoms with Gasteiger partial charge in [-0.2, -0.15) is 0 Å². The van der Waals surface area contributed by atoms with E-state index >= 15 is 0 Å². The maximum Gasteiger partial charge on any atom is 0.126 e. The zero-order valence-electron chi connectivity index (χ0n) is 28.2. The quantitative estimate of drug-likeness (QED) is 0.0903. The summed E-state index contributed by atoms with van der Waals surface area (Å²) in [7, 11) is 0. The molecule has 1 N–H and O–H groups in total. The van der Waals surface area contributed by atoms with E-state index in [0.717, 1.165) is 38.0 Å². The fourth-order valence-corrected chi connectivity index (χ4v) is 7.89. The number of hydrogen-bond acceptors (Lipinski definition) is 6. The fourth-order valence-electron chi connectivity index (χ4n) is 6.59. The van der Waals surface area contributed by atoms with Crippen LogP contribution in [0.25, 0.3) is 0 Å². The van der Waals surface area contributed by atoms with Gasteiger partial charge in [0.15, 0.2) is 0 Å².